The van der Waals surface area contributed by atoms with Crippen LogP contribution in [0.4, 0.5) is 0 Å². The first-order valence-electron chi connectivity index (χ1n) is 8.14. The summed E-state index contributed by atoms with van der Waals surface area (Å²) in [4.78, 5) is 0. The Morgan fingerprint density at radius 3 is 2.62 bits per heavy atom. The summed E-state index contributed by atoms with van der Waals surface area (Å²) < 4.78 is 5.78. The Bertz CT molecular complexity index is 427. The van der Waals surface area contributed by atoms with Gasteiger partial charge in [0.2, 0.25) is 0 Å². The van der Waals surface area contributed by atoms with E-state index in [4.69, 9.17) is 4.74 Å². The SMILES string of the molecule is Cc1cccc(C)c1OCC(O)CNCC1CCC(C)C1. The highest BCUT2D eigenvalue weighted by molar-refractivity contribution is 5.39. The van der Waals surface area contributed by atoms with Crippen LogP contribution in [0.3, 0.4) is 0 Å². The van der Waals surface area contributed by atoms with Gasteiger partial charge in [-0.05, 0) is 56.2 Å². The van der Waals surface area contributed by atoms with E-state index in [1.54, 1.807) is 0 Å². The monoisotopic (exact) mass is 291 g/mol. The number of hydrogen-bond acceptors (Lipinski definition) is 3. The predicted molar refractivity (Wildman–Crippen MR) is 86.8 cm³/mol. The van der Waals surface area contributed by atoms with Crippen LogP contribution in [0.2, 0.25) is 0 Å². The number of aliphatic hydroxyl groups excluding tert-OH is 1. The summed E-state index contributed by atoms with van der Waals surface area (Å²) in [5.74, 6) is 2.56. The number of hydrogen-bond donors (Lipinski definition) is 2. The molecular weight excluding hydrogens is 262 g/mol. The molecule has 0 saturated heterocycles. The maximum Gasteiger partial charge on any atom is 0.125 e. The number of nitrogens with one attached hydrogen (secondary N) is 1. The first-order chi connectivity index (χ1) is 10.1. The minimum absolute atomic E-state index is 0.347. The quantitative estimate of drug-likeness (QED) is 0.811. The molecule has 21 heavy (non-hydrogen) atoms. The van der Waals surface area contributed by atoms with E-state index in [0.29, 0.717) is 13.2 Å². The molecule has 0 amide bonds. The molecule has 2 rings (SSSR count). The molecular formula is C18H29NO2. The first-order valence-corrected chi connectivity index (χ1v) is 8.14. The highest BCUT2D eigenvalue weighted by atomic mass is 16.5. The van der Waals surface area contributed by atoms with E-state index in [1.165, 1.54) is 19.3 Å². The van der Waals surface area contributed by atoms with Crippen LogP contribution < -0.4 is 10.1 Å². The summed E-state index contributed by atoms with van der Waals surface area (Å²) in [5, 5.41) is 13.4. The molecule has 0 bridgehead atoms. The molecule has 0 aromatic heterocycles. The van der Waals surface area contributed by atoms with Gasteiger partial charge in [-0.2, -0.15) is 0 Å². The van der Waals surface area contributed by atoms with Gasteiger partial charge in [0.15, 0.2) is 0 Å². The Hall–Kier alpha value is -1.06. The minimum atomic E-state index is -0.456. The standard InChI is InChI=1S/C18H29NO2/c1-13-7-8-16(9-13)10-19-11-17(20)12-21-18-14(2)5-4-6-15(18)3/h4-6,13,16-17,19-20H,7-12H2,1-3H3. The lowest BCUT2D eigenvalue weighted by Crippen LogP contribution is -2.34. The fourth-order valence-corrected chi connectivity index (χ4v) is 3.23. The van der Waals surface area contributed by atoms with E-state index in [2.05, 4.69) is 12.2 Å². The number of para-hydroxylation sites is 1. The Morgan fingerprint density at radius 1 is 1.29 bits per heavy atom. The van der Waals surface area contributed by atoms with Crippen molar-refractivity contribution in [2.24, 2.45) is 11.8 Å². The molecule has 118 valence electrons. The van der Waals surface area contributed by atoms with Crippen LogP contribution in [0, 0.1) is 25.7 Å². The highest BCUT2D eigenvalue weighted by Crippen LogP contribution is 2.29. The third kappa shape index (κ3) is 5.01. The summed E-state index contributed by atoms with van der Waals surface area (Å²) in [5.41, 5.74) is 2.24. The summed E-state index contributed by atoms with van der Waals surface area (Å²) in [7, 11) is 0. The molecule has 3 unspecified atom stereocenters. The van der Waals surface area contributed by atoms with Gasteiger partial charge in [-0.3, -0.25) is 0 Å². The Kier molecular flexibility index (Phi) is 6.07. The lowest BCUT2D eigenvalue weighted by Gasteiger charge is -2.17. The first kappa shape index (κ1) is 16.3. The van der Waals surface area contributed by atoms with E-state index in [-0.39, 0.29) is 0 Å². The van der Waals surface area contributed by atoms with Gasteiger partial charge in [-0.1, -0.05) is 31.5 Å². The molecule has 1 saturated carbocycles. The third-order valence-electron chi connectivity index (χ3n) is 4.45. The van der Waals surface area contributed by atoms with Crippen molar-refractivity contribution in [1.29, 1.82) is 0 Å². The number of benzene rings is 1. The van der Waals surface area contributed by atoms with Gasteiger partial charge in [0.1, 0.15) is 18.5 Å². The zero-order valence-electron chi connectivity index (χ0n) is 13.6. The molecule has 1 aliphatic rings. The second-order valence-electron chi connectivity index (χ2n) is 6.63. The van der Waals surface area contributed by atoms with Crippen LogP contribution in [0.25, 0.3) is 0 Å². The van der Waals surface area contributed by atoms with Crippen LogP contribution in [-0.2, 0) is 0 Å². The van der Waals surface area contributed by atoms with Crippen LogP contribution in [0.5, 0.6) is 5.75 Å². The molecule has 3 heteroatoms. The van der Waals surface area contributed by atoms with Crippen molar-refractivity contribution >= 4 is 0 Å². The van der Waals surface area contributed by atoms with Crippen molar-refractivity contribution in [1.82, 2.24) is 5.32 Å². The smallest absolute Gasteiger partial charge is 0.125 e. The average molecular weight is 291 g/mol. The summed E-state index contributed by atoms with van der Waals surface area (Å²) >= 11 is 0. The number of aryl methyl sites for hydroxylation is 2. The van der Waals surface area contributed by atoms with Crippen LogP contribution >= 0.6 is 0 Å². The Balaban J connectivity index is 1.66. The molecule has 0 radical (unpaired) electrons. The lowest BCUT2D eigenvalue weighted by atomic mass is 10.1. The molecule has 1 aromatic rings. The van der Waals surface area contributed by atoms with Crippen molar-refractivity contribution in [2.75, 3.05) is 19.7 Å². The number of rotatable bonds is 7. The van der Waals surface area contributed by atoms with Gasteiger partial charge in [-0.15, -0.1) is 0 Å². The second-order valence-corrected chi connectivity index (χ2v) is 6.63. The second kappa shape index (κ2) is 7.81. The molecule has 1 aromatic carbocycles. The average Bonchev–Trinajstić information content (AvgIpc) is 2.84. The van der Waals surface area contributed by atoms with Crippen molar-refractivity contribution in [3.05, 3.63) is 29.3 Å². The summed E-state index contributed by atoms with van der Waals surface area (Å²) in [6.45, 7) is 8.37. The van der Waals surface area contributed by atoms with Crippen molar-refractivity contribution in [3.63, 3.8) is 0 Å². The van der Waals surface area contributed by atoms with Crippen LogP contribution in [0.1, 0.15) is 37.3 Å². The maximum atomic E-state index is 10.0. The normalized spacial score (nSPS) is 23.2. The summed E-state index contributed by atoms with van der Waals surface area (Å²) in [6, 6.07) is 6.10. The van der Waals surface area contributed by atoms with Crippen LogP contribution in [0.15, 0.2) is 18.2 Å². The molecule has 0 aliphatic heterocycles. The molecule has 1 aliphatic carbocycles. The van der Waals surface area contributed by atoms with Gasteiger partial charge < -0.3 is 15.2 Å². The van der Waals surface area contributed by atoms with Gasteiger partial charge in [0, 0.05) is 6.54 Å². The molecule has 1 fully saturated rings. The molecule has 0 spiro atoms. The predicted octanol–water partition coefficient (Wildman–Crippen LogP) is 3.07. The number of ether oxygens (including phenoxy) is 1. The molecule has 3 nitrogen and oxygen atoms in total. The Morgan fingerprint density at radius 2 is 2.00 bits per heavy atom. The zero-order chi connectivity index (χ0) is 15.2. The lowest BCUT2D eigenvalue weighted by molar-refractivity contribution is 0.105. The van der Waals surface area contributed by atoms with Gasteiger partial charge >= 0.3 is 0 Å². The molecule has 0 heterocycles. The van der Waals surface area contributed by atoms with E-state index >= 15 is 0 Å². The van der Waals surface area contributed by atoms with Gasteiger partial charge in [0.25, 0.3) is 0 Å². The molecule has 2 N–H and O–H groups in total. The van der Waals surface area contributed by atoms with E-state index in [1.807, 2.05) is 32.0 Å². The van der Waals surface area contributed by atoms with Gasteiger partial charge in [-0.25, -0.2) is 0 Å². The van der Waals surface area contributed by atoms with Crippen molar-refractivity contribution < 1.29 is 9.84 Å². The van der Waals surface area contributed by atoms with E-state index in [0.717, 1.165) is 35.3 Å². The summed E-state index contributed by atoms with van der Waals surface area (Å²) in [6.07, 6.45) is 3.54. The fourth-order valence-electron chi connectivity index (χ4n) is 3.23. The van der Waals surface area contributed by atoms with Gasteiger partial charge in [0.05, 0.1) is 0 Å². The maximum absolute atomic E-state index is 10.0. The topological polar surface area (TPSA) is 41.5 Å². The number of aliphatic hydroxyl groups is 1. The Labute approximate surface area is 128 Å². The molecule has 3 atom stereocenters. The zero-order valence-corrected chi connectivity index (χ0v) is 13.6. The van der Waals surface area contributed by atoms with Crippen LogP contribution in [-0.4, -0.2) is 30.9 Å². The fraction of sp³-hybridized carbons (Fsp3) is 0.667. The van der Waals surface area contributed by atoms with Crippen molar-refractivity contribution in [3.8, 4) is 5.75 Å². The highest BCUT2D eigenvalue weighted by Gasteiger charge is 2.20. The minimum Gasteiger partial charge on any atom is -0.490 e. The van der Waals surface area contributed by atoms with Crippen molar-refractivity contribution in [2.45, 2.75) is 46.1 Å². The van der Waals surface area contributed by atoms with E-state index in [9.17, 15) is 5.11 Å². The van der Waals surface area contributed by atoms with E-state index < -0.39 is 6.10 Å². The third-order valence-corrected chi connectivity index (χ3v) is 4.45. The largest absolute Gasteiger partial charge is 0.490 e.